The smallest absolute Gasteiger partial charge is 0.377 e. The van der Waals surface area contributed by atoms with E-state index in [1.54, 1.807) is 0 Å². The lowest BCUT2D eigenvalue weighted by Gasteiger charge is -2.03. The maximum atomic E-state index is 11.2. The Hall–Kier alpha value is -1.56. The summed E-state index contributed by atoms with van der Waals surface area (Å²) >= 11 is 3.11. The second-order valence-electron chi connectivity index (χ2n) is 2.80. The molecule has 6 heteroatoms. The monoisotopic (exact) mass is 272 g/mol. The molecule has 1 aliphatic heterocycles. The van der Waals surface area contributed by atoms with Crippen molar-refractivity contribution < 1.29 is 24.2 Å². The van der Waals surface area contributed by atoms with Crippen LogP contribution in [0.3, 0.4) is 0 Å². The minimum atomic E-state index is -1.51. The third-order valence-corrected chi connectivity index (χ3v) is 2.70. The van der Waals surface area contributed by atoms with E-state index in [0.717, 1.165) is 0 Å². The van der Waals surface area contributed by atoms with Gasteiger partial charge in [0, 0.05) is 5.56 Å². The first kappa shape index (κ1) is 9.97. The van der Waals surface area contributed by atoms with Crippen LogP contribution < -0.4 is 9.47 Å². The Morgan fingerprint density at radius 3 is 2.73 bits per heavy atom. The Balaban J connectivity index is 2.51. The van der Waals surface area contributed by atoms with E-state index in [-0.39, 0.29) is 12.4 Å². The number of hydrogen-bond donors (Lipinski definition) is 1. The van der Waals surface area contributed by atoms with E-state index in [0.29, 0.717) is 16.0 Å². The van der Waals surface area contributed by atoms with Crippen LogP contribution in [0, 0.1) is 0 Å². The van der Waals surface area contributed by atoms with Crippen LogP contribution in [-0.4, -0.2) is 23.7 Å². The molecule has 5 nitrogen and oxygen atoms in total. The summed E-state index contributed by atoms with van der Waals surface area (Å²) in [7, 11) is 0. The van der Waals surface area contributed by atoms with Crippen molar-refractivity contribution >= 4 is 27.7 Å². The molecule has 0 bridgehead atoms. The molecule has 1 aromatic carbocycles. The molecule has 0 aliphatic carbocycles. The number of rotatable bonds is 2. The second kappa shape index (κ2) is 3.54. The number of carboxylic acid groups (broad SMARTS) is 1. The van der Waals surface area contributed by atoms with Crippen molar-refractivity contribution in [3.63, 3.8) is 0 Å². The van der Waals surface area contributed by atoms with Crippen molar-refractivity contribution in [3.05, 3.63) is 22.2 Å². The van der Waals surface area contributed by atoms with E-state index in [2.05, 4.69) is 15.9 Å². The van der Waals surface area contributed by atoms with Gasteiger partial charge in [0.1, 0.15) is 0 Å². The molecule has 2 rings (SSSR count). The van der Waals surface area contributed by atoms with Gasteiger partial charge in [-0.1, -0.05) is 0 Å². The maximum absolute atomic E-state index is 11.2. The molecule has 0 amide bonds. The van der Waals surface area contributed by atoms with Crippen LogP contribution in [0.2, 0.25) is 0 Å². The summed E-state index contributed by atoms with van der Waals surface area (Å²) in [6, 6.07) is 2.89. The van der Waals surface area contributed by atoms with Crippen molar-refractivity contribution in [2.24, 2.45) is 0 Å². The number of hydrogen-bond acceptors (Lipinski definition) is 4. The van der Waals surface area contributed by atoms with Crippen LogP contribution in [0.1, 0.15) is 10.4 Å². The Labute approximate surface area is 92.7 Å². The highest BCUT2D eigenvalue weighted by molar-refractivity contribution is 9.10. The number of carboxylic acids is 1. The first-order valence-corrected chi connectivity index (χ1v) is 4.76. The highest BCUT2D eigenvalue weighted by Crippen LogP contribution is 2.41. The highest BCUT2D eigenvalue weighted by atomic mass is 79.9. The number of aliphatic carboxylic acids is 1. The fourth-order valence-corrected chi connectivity index (χ4v) is 1.85. The fourth-order valence-electron chi connectivity index (χ4n) is 1.23. The molecule has 0 fully saturated rings. The van der Waals surface area contributed by atoms with E-state index in [4.69, 9.17) is 14.6 Å². The summed E-state index contributed by atoms with van der Waals surface area (Å²) in [4.78, 5) is 21.7. The number of fused-ring (bicyclic) bond motifs is 1. The van der Waals surface area contributed by atoms with Gasteiger partial charge in [-0.25, -0.2) is 4.79 Å². The Morgan fingerprint density at radius 1 is 1.33 bits per heavy atom. The van der Waals surface area contributed by atoms with Crippen molar-refractivity contribution in [3.8, 4) is 11.5 Å². The standard InChI is InChI=1S/C9H5BrO5/c10-6-4(7(11)9(12)13)1-2-5-8(6)15-3-14-5/h1-2H,3H2,(H,12,13). The third-order valence-electron chi connectivity index (χ3n) is 1.92. The molecule has 1 N–H and O–H groups in total. The van der Waals surface area contributed by atoms with Gasteiger partial charge in [-0.2, -0.15) is 0 Å². The average molecular weight is 273 g/mol. The fraction of sp³-hybridized carbons (Fsp3) is 0.111. The van der Waals surface area contributed by atoms with Gasteiger partial charge < -0.3 is 14.6 Å². The van der Waals surface area contributed by atoms with Crippen molar-refractivity contribution in [1.29, 1.82) is 0 Å². The maximum Gasteiger partial charge on any atom is 0.377 e. The van der Waals surface area contributed by atoms with Gasteiger partial charge in [-0.3, -0.25) is 4.79 Å². The quantitative estimate of drug-likeness (QED) is 0.652. The molecule has 1 aliphatic rings. The van der Waals surface area contributed by atoms with Crippen molar-refractivity contribution in [2.45, 2.75) is 0 Å². The number of benzene rings is 1. The zero-order valence-electron chi connectivity index (χ0n) is 7.32. The predicted molar refractivity (Wildman–Crippen MR) is 52.2 cm³/mol. The predicted octanol–water partition coefficient (Wildman–Crippen LogP) is 1.45. The van der Waals surface area contributed by atoms with Crippen molar-refractivity contribution in [1.82, 2.24) is 0 Å². The average Bonchev–Trinajstić information content (AvgIpc) is 2.66. The molecule has 0 atom stereocenters. The molecular weight excluding hydrogens is 268 g/mol. The molecule has 0 saturated heterocycles. The van der Waals surface area contributed by atoms with Gasteiger partial charge in [-0.05, 0) is 28.1 Å². The Bertz CT molecular complexity index is 454. The van der Waals surface area contributed by atoms with Gasteiger partial charge in [-0.15, -0.1) is 0 Å². The molecule has 15 heavy (non-hydrogen) atoms. The first-order valence-electron chi connectivity index (χ1n) is 3.97. The third kappa shape index (κ3) is 1.56. The molecule has 1 heterocycles. The lowest BCUT2D eigenvalue weighted by molar-refractivity contribution is -0.131. The number of Topliss-reactive ketones (excluding diaryl/α,β-unsaturated/α-hetero) is 1. The molecule has 0 saturated carbocycles. The van der Waals surface area contributed by atoms with E-state index in [1.807, 2.05) is 0 Å². The zero-order valence-corrected chi connectivity index (χ0v) is 8.91. The van der Waals surface area contributed by atoms with E-state index >= 15 is 0 Å². The Morgan fingerprint density at radius 2 is 2.07 bits per heavy atom. The van der Waals surface area contributed by atoms with Crippen LogP contribution in [-0.2, 0) is 4.79 Å². The van der Waals surface area contributed by atoms with Gasteiger partial charge in [0.25, 0.3) is 5.78 Å². The molecule has 78 valence electrons. The topological polar surface area (TPSA) is 72.8 Å². The van der Waals surface area contributed by atoms with Gasteiger partial charge in [0.2, 0.25) is 6.79 Å². The lowest BCUT2D eigenvalue weighted by Crippen LogP contribution is -2.13. The molecule has 0 radical (unpaired) electrons. The Kier molecular flexibility index (Phi) is 2.36. The van der Waals surface area contributed by atoms with Crippen LogP contribution in [0.5, 0.6) is 11.5 Å². The zero-order chi connectivity index (χ0) is 11.0. The minimum Gasteiger partial charge on any atom is -0.475 e. The van der Waals surface area contributed by atoms with Crippen LogP contribution in [0.4, 0.5) is 0 Å². The largest absolute Gasteiger partial charge is 0.475 e. The molecule has 1 aromatic rings. The minimum absolute atomic E-state index is 0.0479. The summed E-state index contributed by atoms with van der Waals surface area (Å²) in [5.41, 5.74) is 0.0479. The number of ether oxygens (including phenoxy) is 2. The van der Waals surface area contributed by atoms with E-state index in [9.17, 15) is 9.59 Å². The lowest BCUT2D eigenvalue weighted by atomic mass is 10.1. The highest BCUT2D eigenvalue weighted by Gasteiger charge is 2.25. The summed E-state index contributed by atoms with van der Waals surface area (Å²) < 4.78 is 10.5. The van der Waals surface area contributed by atoms with Crippen LogP contribution in [0.15, 0.2) is 16.6 Å². The van der Waals surface area contributed by atoms with Gasteiger partial charge in [0.15, 0.2) is 11.5 Å². The second-order valence-corrected chi connectivity index (χ2v) is 3.59. The summed E-state index contributed by atoms with van der Waals surface area (Å²) in [5, 5.41) is 8.57. The summed E-state index contributed by atoms with van der Waals surface area (Å²) in [6.45, 7) is 0.0681. The summed E-state index contributed by atoms with van der Waals surface area (Å²) in [5.74, 6) is -1.64. The van der Waals surface area contributed by atoms with Gasteiger partial charge in [0.05, 0.1) is 4.47 Å². The molecule has 0 aromatic heterocycles. The summed E-state index contributed by atoms with van der Waals surface area (Å²) in [6.07, 6.45) is 0. The van der Waals surface area contributed by atoms with E-state index < -0.39 is 11.8 Å². The molecular formula is C9H5BrO5. The first-order chi connectivity index (χ1) is 7.11. The van der Waals surface area contributed by atoms with Crippen molar-refractivity contribution in [2.75, 3.05) is 6.79 Å². The van der Waals surface area contributed by atoms with Gasteiger partial charge >= 0.3 is 5.97 Å². The molecule has 0 unspecified atom stereocenters. The number of carbonyl (C=O) groups excluding carboxylic acids is 1. The van der Waals surface area contributed by atoms with E-state index in [1.165, 1.54) is 12.1 Å². The number of carbonyl (C=O) groups is 2. The molecule has 0 spiro atoms. The SMILES string of the molecule is O=C(O)C(=O)c1ccc2c(c1Br)OCO2. The normalized spacial score (nSPS) is 12.6. The van der Waals surface area contributed by atoms with Crippen LogP contribution in [0.25, 0.3) is 0 Å². The number of halogens is 1. The van der Waals surface area contributed by atoms with Crippen LogP contribution >= 0.6 is 15.9 Å². The number of ketones is 1.